The maximum Gasteiger partial charge on any atom is 0.270 e. The van der Waals surface area contributed by atoms with Crippen LogP contribution in [0.25, 0.3) is 0 Å². The molecule has 1 atom stereocenters. The van der Waals surface area contributed by atoms with Crippen molar-refractivity contribution < 1.29 is 18.7 Å². The van der Waals surface area contributed by atoms with E-state index in [1.54, 1.807) is 7.11 Å². The van der Waals surface area contributed by atoms with Gasteiger partial charge in [-0.1, -0.05) is 6.07 Å². The fraction of sp³-hybridized carbons (Fsp3) is 0.312. The molecule has 0 radical (unpaired) electrons. The van der Waals surface area contributed by atoms with Crippen LogP contribution in [0.1, 0.15) is 39.8 Å². The molecule has 3 N–H and O–H groups in total. The number of primary amides is 1. The van der Waals surface area contributed by atoms with Gasteiger partial charge in [-0.15, -0.1) is 0 Å². The molecule has 1 aliphatic rings. The zero-order chi connectivity index (χ0) is 16.4. The summed E-state index contributed by atoms with van der Waals surface area (Å²) >= 11 is 0. The summed E-state index contributed by atoms with van der Waals surface area (Å²) in [6.07, 6.45) is 2.80. The zero-order valence-corrected chi connectivity index (χ0v) is 12.7. The topological polar surface area (TPSA) is 107 Å². The normalized spacial score (nSPS) is 16.0. The summed E-state index contributed by atoms with van der Waals surface area (Å²) in [6.45, 7) is 0.113. The molecule has 1 aromatic heterocycles. The predicted octanol–water partition coefficient (Wildman–Crippen LogP) is 1.13. The molecule has 2 aromatic rings. The van der Waals surface area contributed by atoms with E-state index in [4.69, 9.17) is 14.9 Å². The van der Waals surface area contributed by atoms with E-state index in [-0.39, 0.29) is 30.0 Å². The van der Waals surface area contributed by atoms with Gasteiger partial charge in [0.1, 0.15) is 12.0 Å². The molecule has 2 amide bonds. The molecule has 0 fully saturated rings. The summed E-state index contributed by atoms with van der Waals surface area (Å²) in [5.41, 5.74) is 7.31. The first kappa shape index (κ1) is 15.1. The molecule has 1 unspecified atom stereocenters. The summed E-state index contributed by atoms with van der Waals surface area (Å²) in [5.74, 6) is 0.00269. The van der Waals surface area contributed by atoms with Gasteiger partial charge in [-0.05, 0) is 36.1 Å². The molecule has 1 heterocycles. The number of methoxy groups -OCH3 is 1. The summed E-state index contributed by atoms with van der Waals surface area (Å²) < 4.78 is 10.3. The lowest BCUT2D eigenvalue weighted by molar-refractivity contribution is -0.122. The molecule has 23 heavy (non-hydrogen) atoms. The smallest absolute Gasteiger partial charge is 0.270 e. The van der Waals surface area contributed by atoms with Crippen molar-refractivity contribution in [1.29, 1.82) is 0 Å². The molecule has 0 aliphatic heterocycles. The van der Waals surface area contributed by atoms with Gasteiger partial charge in [0, 0.05) is 0 Å². The Balaban J connectivity index is 1.67. The lowest BCUT2D eigenvalue weighted by atomic mass is 10.0. The minimum Gasteiger partial charge on any atom is -0.497 e. The first-order valence-electron chi connectivity index (χ1n) is 7.27. The summed E-state index contributed by atoms with van der Waals surface area (Å²) in [7, 11) is 1.60. The van der Waals surface area contributed by atoms with E-state index in [1.807, 2.05) is 18.2 Å². The van der Waals surface area contributed by atoms with Gasteiger partial charge in [0.2, 0.25) is 11.8 Å². The average molecular weight is 315 g/mol. The molecule has 7 heteroatoms. The second-order valence-corrected chi connectivity index (χ2v) is 5.36. The van der Waals surface area contributed by atoms with E-state index in [9.17, 15) is 9.59 Å². The van der Waals surface area contributed by atoms with Gasteiger partial charge in [0.05, 0.1) is 19.6 Å². The van der Waals surface area contributed by atoms with Crippen molar-refractivity contribution in [3.8, 4) is 5.75 Å². The molecular weight excluding hydrogens is 298 g/mol. The van der Waals surface area contributed by atoms with Crippen molar-refractivity contribution in [2.75, 3.05) is 7.11 Å². The first-order valence-corrected chi connectivity index (χ1v) is 7.27. The highest BCUT2D eigenvalue weighted by atomic mass is 16.5. The number of benzene rings is 1. The van der Waals surface area contributed by atoms with Crippen LogP contribution in [0, 0.1) is 0 Å². The van der Waals surface area contributed by atoms with Gasteiger partial charge in [0.15, 0.2) is 5.69 Å². The third kappa shape index (κ3) is 3.03. The quantitative estimate of drug-likeness (QED) is 0.860. The fourth-order valence-corrected chi connectivity index (χ4v) is 2.77. The number of amides is 2. The van der Waals surface area contributed by atoms with Gasteiger partial charge >= 0.3 is 0 Å². The van der Waals surface area contributed by atoms with Gasteiger partial charge < -0.3 is 20.2 Å². The van der Waals surface area contributed by atoms with E-state index >= 15 is 0 Å². The van der Waals surface area contributed by atoms with Crippen LogP contribution in [0.15, 0.2) is 28.9 Å². The number of fused-ring (bicyclic) bond motifs is 1. The third-order valence-corrected chi connectivity index (χ3v) is 3.97. The number of ether oxygens (including phenoxy) is 1. The maximum absolute atomic E-state index is 12.4. The van der Waals surface area contributed by atoms with Crippen LogP contribution in [0.2, 0.25) is 0 Å². The van der Waals surface area contributed by atoms with E-state index in [1.165, 1.54) is 6.26 Å². The Kier molecular flexibility index (Phi) is 4.01. The number of aryl methyl sites for hydroxylation is 1. The second kappa shape index (κ2) is 6.12. The van der Waals surface area contributed by atoms with Crippen LogP contribution in [-0.4, -0.2) is 23.9 Å². The number of hydrogen-bond donors (Lipinski definition) is 2. The number of nitrogens with two attached hydrogens (primary N) is 1. The number of rotatable bonds is 5. The highest BCUT2D eigenvalue weighted by Crippen LogP contribution is 2.35. The van der Waals surface area contributed by atoms with Crippen LogP contribution >= 0.6 is 0 Å². The first-order chi connectivity index (χ1) is 11.1. The fourth-order valence-electron chi connectivity index (χ4n) is 2.77. The van der Waals surface area contributed by atoms with E-state index < -0.39 is 5.91 Å². The minimum absolute atomic E-state index is 0.0465. The van der Waals surface area contributed by atoms with Crippen molar-refractivity contribution >= 4 is 11.8 Å². The monoisotopic (exact) mass is 315 g/mol. The molecule has 1 aromatic carbocycles. The van der Waals surface area contributed by atoms with E-state index in [0.717, 1.165) is 29.7 Å². The van der Waals surface area contributed by atoms with Crippen molar-refractivity contribution in [2.45, 2.75) is 25.3 Å². The second-order valence-electron chi connectivity index (χ2n) is 5.36. The molecule has 0 spiro atoms. The molecule has 0 saturated carbocycles. The number of hydrogen-bond acceptors (Lipinski definition) is 5. The Hall–Kier alpha value is -2.83. The van der Waals surface area contributed by atoms with Gasteiger partial charge in [-0.25, -0.2) is 4.98 Å². The third-order valence-electron chi connectivity index (χ3n) is 3.97. The largest absolute Gasteiger partial charge is 0.497 e. The highest BCUT2D eigenvalue weighted by Gasteiger charge is 2.29. The average Bonchev–Trinajstić information content (AvgIpc) is 3.18. The highest BCUT2D eigenvalue weighted by molar-refractivity contribution is 5.90. The van der Waals surface area contributed by atoms with Crippen molar-refractivity contribution in [2.24, 2.45) is 5.73 Å². The molecular formula is C16H17N3O4. The molecule has 3 rings (SSSR count). The van der Waals surface area contributed by atoms with E-state index in [2.05, 4.69) is 10.3 Å². The van der Waals surface area contributed by atoms with Crippen LogP contribution in [0.5, 0.6) is 5.75 Å². The van der Waals surface area contributed by atoms with Crippen LogP contribution in [0.4, 0.5) is 0 Å². The molecule has 0 bridgehead atoms. The molecule has 120 valence electrons. The number of carbonyl (C=O) groups excluding carboxylic acids is 2. The molecule has 7 nitrogen and oxygen atoms in total. The lowest BCUT2D eigenvalue weighted by Crippen LogP contribution is -2.28. The standard InChI is InChI=1S/C16H17N3O4/c1-22-10-4-2-9-3-5-11(12(9)6-10)16(21)18-7-14-19-13(8-23-14)15(17)20/h2,4,6,8,11H,3,5,7H2,1H3,(H2,17,20)(H,18,21). The minimum atomic E-state index is -0.664. The Morgan fingerprint density at radius 1 is 1.48 bits per heavy atom. The Morgan fingerprint density at radius 3 is 3.00 bits per heavy atom. The number of nitrogens with zero attached hydrogens (tertiary/aromatic N) is 1. The van der Waals surface area contributed by atoms with Crippen molar-refractivity contribution in [3.63, 3.8) is 0 Å². The van der Waals surface area contributed by atoms with Crippen molar-refractivity contribution in [1.82, 2.24) is 10.3 Å². The number of carbonyl (C=O) groups is 2. The van der Waals surface area contributed by atoms with E-state index in [0.29, 0.717) is 0 Å². The Morgan fingerprint density at radius 2 is 2.30 bits per heavy atom. The van der Waals surface area contributed by atoms with Gasteiger partial charge in [0.25, 0.3) is 5.91 Å². The number of aromatic nitrogens is 1. The summed E-state index contributed by atoms with van der Waals surface area (Å²) in [4.78, 5) is 27.3. The predicted molar refractivity (Wildman–Crippen MR) is 80.9 cm³/mol. The number of oxazole rings is 1. The van der Waals surface area contributed by atoms with Crippen LogP contribution < -0.4 is 15.8 Å². The summed E-state index contributed by atoms with van der Waals surface area (Å²) in [6, 6.07) is 5.80. The summed E-state index contributed by atoms with van der Waals surface area (Å²) in [5, 5.41) is 2.78. The Bertz CT molecular complexity index is 754. The maximum atomic E-state index is 12.4. The lowest BCUT2D eigenvalue weighted by Gasteiger charge is -2.12. The molecule has 1 aliphatic carbocycles. The Labute approximate surface area is 132 Å². The van der Waals surface area contributed by atoms with Crippen LogP contribution in [0.3, 0.4) is 0 Å². The molecule has 0 saturated heterocycles. The van der Waals surface area contributed by atoms with Crippen molar-refractivity contribution in [3.05, 3.63) is 47.2 Å². The SMILES string of the molecule is COc1ccc2c(c1)C(C(=O)NCc1nc(C(N)=O)co1)CC2. The van der Waals surface area contributed by atoms with Gasteiger partial charge in [-0.3, -0.25) is 9.59 Å². The zero-order valence-electron chi connectivity index (χ0n) is 12.7. The van der Waals surface area contributed by atoms with Gasteiger partial charge in [-0.2, -0.15) is 0 Å². The van der Waals surface area contributed by atoms with Crippen LogP contribution in [-0.2, 0) is 17.8 Å². The number of nitrogens with one attached hydrogen (secondary N) is 1.